The van der Waals surface area contributed by atoms with E-state index >= 15 is 0 Å². The van der Waals surface area contributed by atoms with Crippen LogP contribution >= 0.6 is 0 Å². The largest absolute Gasteiger partial charge is 0.377 e. The monoisotopic (exact) mass is 257 g/mol. The fourth-order valence-corrected chi connectivity index (χ4v) is 2.76. The van der Waals surface area contributed by atoms with Gasteiger partial charge in [0.2, 0.25) is 0 Å². The van der Waals surface area contributed by atoms with Crippen LogP contribution in [0.4, 0.5) is 0 Å². The predicted molar refractivity (Wildman–Crippen MR) is 81.5 cm³/mol. The molecule has 19 heavy (non-hydrogen) atoms. The third kappa shape index (κ3) is 2.51. The normalized spacial score (nSPS) is 16.2. The zero-order valence-electron chi connectivity index (χ0n) is 12.2. The zero-order valence-corrected chi connectivity index (χ0v) is 12.2. The molecule has 0 radical (unpaired) electrons. The third-order valence-electron chi connectivity index (χ3n) is 4.20. The van der Waals surface area contributed by atoms with Gasteiger partial charge in [0.05, 0.1) is 11.6 Å². The minimum Gasteiger partial charge on any atom is -0.377 e. The standard InChI is InChI=1S/C17H23NO/c1-5-17(2,19-4)16(18-3)15-12-8-10-13-9-6-7-11-14(13)15/h6-12,16,18H,5H2,1-4H3. The summed E-state index contributed by atoms with van der Waals surface area (Å²) in [6.07, 6.45) is 0.957. The molecule has 2 unspecified atom stereocenters. The molecule has 0 fully saturated rings. The number of likely N-dealkylation sites (N-methyl/N-ethyl adjacent to an activating group) is 1. The molecule has 0 bridgehead atoms. The lowest BCUT2D eigenvalue weighted by Crippen LogP contribution is -2.41. The molecule has 2 heteroatoms. The van der Waals surface area contributed by atoms with Crippen LogP contribution in [0.5, 0.6) is 0 Å². The molecule has 2 aromatic carbocycles. The molecule has 0 aliphatic rings. The minimum absolute atomic E-state index is 0.175. The Morgan fingerprint density at radius 1 is 1.16 bits per heavy atom. The second kappa shape index (κ2) is 5.72. The van der Waals surface area contributed by atoms with E-state index in [1.807, 2.05) is 7.05 Å². The van der Waals surface area contributed by atoms with Crippen molar-refractivity contribution >= 4 is 10.8 Å². The fraction of sp³-hybridized carbons (Fsp3) is 0.412. The highest BCUT2D eigenvalue weighted by Gasteiger charge is 2.33. The van der Waals surface area contributed by atoms with E-state index < -0.39 is 0 Å². The van der Waals surface area contributed by atoms with E-state index in [0.29, 0.717) is 0 Å². The van der Waals surface area contributed by atoms with Crippen LogP contribution in [0, 0.1) is 0 Å². The molecular formula is C17H23NO. The minimum atomic E-state index is -0.209. The Bertz CT molecular complexity index is 540. The smallest absolute Gasteiger partial charge is 0.0842 e. The fourth-order valence-electron chi connectivity index (χ4n) is 2.76. The lowest BCUT2D eigenvalue weighted by molar-refractivity contribution is -0.0276. The van der Waals surface area contributed by atoms with Crippen molar-refractivity contribution in [1.29, 1.82) is 0 Å². The van der Waals surface area contributed by atoms with Gasteiger partial charge in [0.1, 0.15) is 0 Å². The summed E-state index contributed by atoms with van der Waals surface area (Å²) >= 11 is 0. The highest BCUT2D eigenvalue weighted by molar-refractivity contribution is 5.86. The molecule has 102 valence electrons. The van der Waals surface area contributed by atoms with E-state index in [9.17, 15) is 0 Å². The van der Waals surface area contributed by atoms with Crippen molar-refractivity contribution in [3.63, 3.8) is 0 Å². The molecule has 2 rings (SSSR count). The first-order chi connectivity index (χ1) is 9.16. The first-order valence-corrected chi connectivity index (χ1v) is 6.86. The van der Waals surface area contributed by atoms with E-state index in [0.717, 1.165) is 6.42 Å². The van der Waals surface area contributed by atoms with Crippen LogP contribution in [0.1, 0.15) is 31.9 Å². The van der Waals surface area contributed by atoms with Crippen LogP contribution in [-0.4, -0.2) is 19.8 Å². The van der Waals surface area contributed by atoms with Gasteiger partial charge in [0.15, 0.2) is 0 Å². The summed E-state index contributed by atoms with van der Waals surface area (Å²) in [5, 5.41) is 5.99. The molecule has 0 aliphatic carbocycles. The van der Waals surface area contributed by atoms with Crippen LogP contribution in [-0.2, 0) is 4.74 Å². The van der Waals surface area contributed by atoms with E-state index in [-0.39, 0.29) is 11.6 Å². The maximum absolute atomic E-state index is 5.78. The van der Waals surface area contributed by atoms with Gasteiger partial charge in [-0.25, -0.2) is 0 Å². The van der Waals surface area contributed by atoms with Crippen LogP contribution in [0.25, 0.3) is 10.8 Å². The first kappa shape index (κ1) is 14.0. The number of hydrogen-bond donors (Lipinski definition) is 1. The van der Waals surface area contributed by atoms with Crippen molar-refractivity contribution in [3.8, 4) is 0 Å². The Kier molecular flexibility index (Phi) is 4.23. The molecule has 0 saturated carbocycles. The SMILES string of the molecule is CCC(C)(OC)C(NC)c1cccc2ccccc12. The Morgan fingerprint density at radius 2 is 1.84 bits per heavy atom. The van der Waals surface area contributed by atoms with Gasteiger partial charge in [-0.15, -0.1) is 0 Å². The Hall–Kier alpha value is -1.38. The number of benzene rings is 2. The molecule has 0 aromatic heterocycles. The first-order valence-electron chi connectivity index (χ1n) is 6.86. The Labute approximate surface area is 115 Å². The summed E-state index contributed by atoms with van der Waals surface area (Å²) in [5.74, 6) is 0. The number of fused-ring (bicyclic) bond motifs is 1. The van der Waals surface area contributed by atoms with Crippen molar-refractivity contribution in [3.05, 3.63) is 48.0 Å². The molecule has 2 nitrogen and oxygen atoms in total. The Morgan fingerprint density at radius 3 is 2.47 bits per heavy atom. The average molecular weight is 257 g/mol. The second-order valence-electron chi connectivity index (χ2n) is 5.16. The zero-order chi connectivity index (χ0) is 13.9. The summed E-state index contributed by atoms with van der Waals surface area (Å²) in [7, 11) is 3.79. The number of methoxy groups -OCH3 is 1. The van der Waals surface area contributed by atoms with Gasteiger partial charge in [-0.1, -0.05) is 49.4 Å². The second-order valence-corrected chi connectivity index (χ2v) is 5.16. The predicted octanol–water partition coefficient (Wildman–Crippen LogP) is 3.92. The van der Waals surface area contributed by atoms with Crippen LogP contribution in [0.2, 0.25) is 0 Å². The average Bonchev–Trinajstić information content (AvgIpc) is 2.48. The van der Waals surface area contributed by atoms with E-state index in [4.69, 9.17) is 4.74 Å². The molecule has 1 N–H and O–H groups in total. The van der Waals surface area contributed by atoms with Gasteiger partial charge in [-0.3, -0.25) is 0 Å². The molecule has 0 amide bonds. The summed E-state index contributed by atoms with van der Waals surface area (Å²) in [5.41, 5.74) is 1.09. The summed E-state index contributed by atoms with van der Waals surface area (Å²) in [6.45, 7) is 4.33. The van der Waals surface area contributed by atoms with Crippen molar-refractivity contribution in [1.82, 2.24) is 5.32 Å². The number of nitrogens with one attached hydrogen (secondary N) is 1. The highest BCUT2D eigenvalue weighted by Crippen LogP contribution is 2.35. The van der Waals surface area contributed by atoms with Crippen molar-refractivity contribution < 1.29 is 4.74 Å². The van der Waals surface area contributed by atoms with Gasteiger partial charge in [0, 0.05) is 7.11 Å². The number of hydrogen-bond acceptors (Lipinski definition) is 2. The molecule has 0 heterocycles. The van der Waals surface area contributed by atoms with Crippen LogP contribution < -0.4 is 5.32 Å². The van der Waals surface area contributed by atoms with Gasteiger partial charge >= 0.3 is 0 Å². The molecular weight excluding hydrogens is 234 g/mol. The van der Waals surface area contributed by atoms with Gasteiger partial charge < -0.3 is 10.1 Å². The summed E-state index contributed by atoms with van der Waals surface area (Å²) in [4.78, 5) is 0. The number of ether oxygens (including phenoxy) is 1. The Balaban J connectivity index is 2.58. The van der Waals surface area contributed by atoms with Gasteiger partial charge in [-0.2, -0.15) is 0 Å². The van der Waals surface area contributed by atoms with Crippen molar-refractivity contribution in [2.24, 2.45) is 0 Å². The van der Waals surface area contributed by atoms with Gasteiger partial charge in [0.25, 0.3) is 0 Å². The van der Waals surface area contributed by atoms with Crippen molar-refractivity contribution in [2.75, 3.05) is 14.2 Å². The maximum atomic E-state index is 5.78. The number of rotatable bonds is 5. The molecule has 2 aromatic rings. The van der Waals surface area contributed by atoms with Crippen molar-refractivity contribution in [2.45, 2.75) is 31.9 Å². The highest BCUT2D eigenvalue weighted by atomic mass is 16.5. The summed E-state index contributed by atoms with van der Waals surface area (Å²) < 4.78 is 5.78. The summed E-state index contributed by atoms with van der Waals surface area (Å²) in [6, 6.07) is 15.1. The quantitative estimate of drug-likeness (QED) is 0.876. The molecule has 0 saturated heterocycles. The molecule has 0 aliphatic heterocycles. The van der Waals surface area contributed by atoms with E-state index in [1.165, 1.54) is 16.3 Å². The maximum Gasteiger partial charge on any atom is 0.0842 e. The lowest BCUT2D eigenvalue weighted by Gasteiger charge is -2.36. The van der Waals surface area contributed by atoms with Crippen LogP contribution in [0.3, 0.4) is 0 Å². The molecule has 2 atom stereocenters. The topological polar surface area (TPSA) is 21.3 Å². The van der Waals surface area contributed by atoms with Crippen LogP contribution in [0.15, 0.2) is 42.5 Å². The van der Waals surface area contributed by atoms with E-state index in [1.54, 1.807) is 7.11 Å². The van der Waals surface area contributed by atoms with E-state index in [2.05, 4.69) is 61.6 Å². The lowest BCUT2D eigenvalue weighted by atomic mass is 9.85. The third-order valence-corrected chi connectivity index (χ3v) is 4.20. The van der Waals surface area contributed by atoms with Gasteiger partial charge in [-0.05, 0) is 36.7 Å². The molecule has 0 spiro atoms.